The predicted octanol–water partition coefficient (Wildman–Crippen LogP) is 5.81. The van der Waals surface area contributed by atoms with Gasteiger partial charge in [-0.15, -0.1) is 0 Å². The van der Waals surface area contributed by atoms with E-state index in [-0.39, 0.29) is 0 Å². The maximum atomic E-state index is 6.29. The minimum Gasteiger partial charge on any atom is -0.365 e. The number of benzene rings is 3. The van der Waals surface area contributed by atoms with Crippen LogP contribution in [0.1, 0.15) is 24.8 Å². The SMILES string of the molecule is c1ccc2c(Sc3ccc4c(c3)C3(CN4CC4CC4)OCCCO3)cccc2c1. The van der Waals surface area contributed by atoms with Crippen LogP contribution in [0.2, 0.25) is 0 Å². The van der Waals surface area contributed by atoms with Crippen LogP contribution >= 0.6 is 11.8 Å². The smallest absolute Gasteiger partial charge is 0.215 e. The summed E-state index contributed by atoms with van der Waals surface area (Å²) in [6.07, 6.45) is 3.69. The van der Waals surface area contributed by atoms with Crippen molar-refractivity contribution in [3.05, 3.63) is 66.2 Å². The molecular weight excluding hydrogens is 378 g/mol. The summed E-state index contributed by atoms with van der Waals surface area (Å²) in [6.45, 7) is 3.49. The molecule has 0 bridgehead atoms. The fourth-order valence-corrected chi connectivity index (χ4v) is 5.60. The summed E-state index contributed by atoms with van der Waals surface area (Å²) in [6, 6.07) is 22.0. The highest BCUT2D eigenvalue weighted by atomic mass is 32.2. The van der Waals surface area contributed by atoms with Gasteiger partial charge in [-0.25, -0.2) is 0 Å². The molecule has 1 saturated carbocycles. The van der Waals surface area contributed by atoms with E-state index in [9.17, 15) is 0 Å². The first-order valence-corrected chi connectivity index (χ1v) is 11.5. The molecule has 3 nitrogen and oxygen atoms in total. The van der Waals surface area contributed by atoms with Crippen LogP contribution in [0.4, 0.5) is 5.69 Å². The third-order valence-corrected chi connectivity index (χ3v) is 7.30. The third kappa shape index (κ3) is 3.24. The van der Waals surface area contributed by atoms with Gasteiger partial charge in [0, 0.05) is 27.6 Å². The van der Waals surface area contributed by atoms with Gasteiger partial charge in [0.2, 0.25) is 5.79 Å². The van der Waals surface area contributed by atoms with E-state index in [1.807, 2.05) is 11.8 Å². The zero-order valence-corrected chi connectivity index (χ0v) is 17.3. The molecule has 2 fully saturated rings. The Morgan fingerprint density at radius 2 is 1.79 bits per heavy atom. The molecule has 3 aromatic carbocycles. The molecule has 0 amide bonds. The van der Waals surface area contributed by atoms with Crippen LogP contribution in [0, 0.1) is 5.92 Å². The van der Waals surface area contributed by atoms with E-state index in [0.29, 0.717) is 0 Å². The van der Waals surface area contributed by atoms with Crippen LogP contribution < -0.4 is 4.90 Å². The minimum atomic E-state index is -0.586. The van der Waals surface area contributed by atoms with E-state index in [1.54, 1.807) is 0 Å². The van der Waals surface area contributed by atoms with Gasteiger partial charge in [-0.3, -0.25) is 0 Å². The Morgan fingerprint density at radius 1 is 0.966 bits per heavy atom. The monoisotopic (exact) mass is 403 g/mol. The molecule has 1 saturated heterocycles. The zero-order chi connectivity index (χ0) is 19.3. The van der Waals surface area contributed by atoms with Crippen molar-refractivity contribution >= 4 is 28.2 Å². The van der Waals surface area contributed by atoms with Gasteiger partial charge in [0.15, 0.2) is 0 Å². The molecule has 2 aliphatic heterocycles. The second kappa shape index (κ2) is 7.05. The summed E-state index contributed by atoms with van der Waals surface area (Å²) >= 11 is 1.83. The van der Waals surface area contributed by atoms with Crippen LogP contribution in [0.5, 0.6) is 0 Å². The van der Waals surface area contributed by atoms with Crippen molar-refractivity contribution in [1.82, 2.24) is 0 Å². The van der Waals surface area contributed by atoms with Crippen LogP contribution in [-0.2, 0) is 15.3 Å². The first-order chi connectivity index (χ1) is 14.3. The van der Waals surface area contributed by atoms with Crippen molar-refractivity contribution in [2.45, 2.75) is 34.8 Å². The molecule has 1 aliphatic carbocycles. The topological polar surface area (TPSA) is 21.7 Å². The standard InChI is InChI=1S/C25H25NO2S/c1-2-7-21-19(5-1)6-3-8-24(21)29-20-11-12-23-22(15-20)25(27-13-4-14-28-25)17-26(23)16-18-9-10-18/h1-3,5-8,11-12,15,18H,4,9-10,13-14,16-17H2. The zero-order valence-electron chi connectivity index (χ0n) is 16.5. The number of hydrogen-bond acceptors (Lipinski definition) is 4. The second-order valence-electron chi connectivity index (χ2n) is 8.39. The van der Waals surface area contributed by atoms with Crippen LogP contribution in [-0.4, -0.2) is 26.3 Å². The molecule has 0 aromatic heterocycles. The lowest BCUT2D eigenvalue weighted by molar-refractivity contribution is -0.265. The normalized spacial score (nSPS) is 20.3. The van der Waals surface area contributed by atoms with Gasteiger partial charge in [-0.2, -0.15) is 0 Å². The Kier molecular flexibility index (Phi) is 4.33. The number of nitrogens with zero attached hydrogens (tertiary/aromatic N) is 1. The summed E-state index contributed by atoms with van der Waals surface area (Å²) in [5.41, 5.74) is 2.50. The lowest BCUT2D eigenvalue weighted by Crippen LogP contribution is -2.42. The third-order valence-electron chi connectivity index (χ3n) is 6.23. The molecular formula is C25H25NO2S. The summed E-state index contributed by atoms with van der Waals surface area (Å²) in [5, 5.41) is 2.58. The summed E-state index contributed by atoms with van der Waals surface area (Å²) in [5.74, 6) is 0.254. The lowest BCUT2D eigenvalue weighted by atomic mass is 10.1. The van der Waals surface area contributed by atoms with E-state index < -0.39 is 5.79 Å². The Balaban J connectivity index is 1.37. The number of anilines is 1. The van der Waals surface area contributed by atoms with Gasteiger partial charge in [0.1, 0.15) is 0 Å². The van der Waals surface area contributed by atoms with Gasteiger partial charge >= 0.3 is 0 Å². The van der Waals surface area contributed by atoms with E-state index in [1.165, 1.54) is 44.7 Å². The van der Waals surface area contributed by atoms with Crippen LogP contribution in [0.25, 0.3) is 10.8 Å². The number of hydrogen-bond donors (Lipinski definition) is 0. The fourth-order valence-electron chi connectivity index (χ4n) is 4.59. The van der Waals surface area contributed by atoms with Crippen molar-refractivity contribution < 1.29 is 9.47 Å². The largest absolute Gasteiger partial charge is 0.365 e. The van der Waals surface area contributed by atoms with Gasteiger partial charge in [-0.1, -0.05) is 48.2 Å². The van der Waals surface area contributed by atoms with Gasteiger partial charge < -0.3 is 14.4 Å². The van der Waals surface area contributed by atoms with E-state index in [2.05, 4.69) is 65.6 Å². The molecule has 6 rings (SSSR count). The number of rotatable bonds is 4. The Morgan fingerprint density at radius 3 is 2.66 bits per heavy atom. The summed E-state index contributed by atoms with van der Waals surface area (Å²) < 4.78 is 12.6. The van der Waals surface area contributed by atoms with E-state index in [0.717, 1.165) is 38.6 Å². The quantitative estimate of drug-likeness (QED) is 0.548. The molecule has 3 aromatic rings. The van der Waals surface area contributed by atoms with Crippen molar-refractivity contribution in [3.8, 4) is 0 Å². The molecule has 0 radical (unpaired) electrons. The molecule has 29 heavy (non-hydrogen) atoms. The van der Waals surface area contributed by atoms with Gasteiger partial charge in [-0.05, 0) is 60.2 Å². The minimum absolute atomic E-state index is 0.586. The van der Waals surface area contributed by atoms with Crippen LogP contribution in [0.3, 0.4) is 0 Å². The first-order valence-electron chi connectivity index (χ1n) is 10.6. The van der Waals surface area contributed by atoms with Gasteiger partial charge in [0.25, 0.3) is 0 Å². The first kappa shape index (κ1) is 17.8. The lowest BCUT2D eigenvalue weighted by Gasteiger charge is -2.34. The second-order valence-corrected chi connectivity index (χ2v) is 9.50. The molecule has 2 heterocycles. The Labute approximate surface area is 176 Å². The molecule has 1 spiro atoms. The molecule has 0 N–H and O–H groups in total. The van der Waals surface area contributed by atoms with Crippen molar-refractivity contribution in [3.63, 3.8) is 0 Å². The predicted molar refractivity (Wildman–Crippen MR) is 118 cm³/mol. The average molecular weight is 404 g/mol. The molecule has 148 valence electrons. The molecule has 0 atom stereocenters. The number of ether oxygens (including phenoxy) is 2. The summed E-state index contributed by atoms with van der Waals surface area (Å²) in [4.78, 5) is 5.02. The van der Waals surface area contributed by atoms with Crippen molar-refractivity contribution in [2.75, 3.05) is 31.2 Å². The summed E-state index contributed by atoms with van der Waals surface area (Å²) in [7, 11) is 0. The molecule has 0 unspecified atom stereocenters. The van der Waals surface area contributed by atoms with Gasteiger partial charge in [0.05, 0.1) is 19.8 Å². The number of fused-ring (bicyclic) bond motifs is 3. The van der Waals surface area contributed by atoms with Crippen molar-refractivity contribution in [2.24, 2.45) is 5.92 Å². The average Bonchev–Trinajstić information content (AvgIpc) is 3.54. The van der Waals surface area contributed by atoms with E-state index >= 15 is 0 Å². The Bertz CT molecular complexity index is 1050. The highest BCUT2D eigenvalue weighted by Crippen LogP contribution is 2.48. The fraction of sp³-hybridized carbons (Fsp3) is 0.360. The van der Waals surface area contributed by atoms with Crippen LogP contribution in [0.15, 0.2) is 70.5 Å². The highest BCUT2D eigenvalue weighted by Gasteiger charge is 2.47. The maximum absolute atomic E-state index is 6.29. The van der Waals surface area contributed by atoms with Crippen molar-refractivity contribution in [1.29, 1.82) is 0 Å². The maximum Gasteiger partial charge on any atom is 0.215 e. The highest BCUT2D eigenvalue weighted by molar-refractivity contribution is 7.99. The molecule has 3 aliphatic rings. The molecule has 4 heteroatoms. The van der Waals surface area contributed by atoms with E-state index in [4.69, 9.17) is 9.47 Å². The Hall–Kier alpha value is -2.01.